The summed E-state index contributed by atoms with van der Waals surface area (Å²) < 4.78 is 37.7. The van der Waals surface area contributed by atoms with Crippen molar-refractivity contribution >= 4 is 22.5 Å². The van der Waals surface area contributed by atoms with E-state index in [4.69, 9.17) is 10.00 Å². The zero-order chi connectivity index (χ0) is 28.6. The molecule has 1 aliphatic carbocycles. The van der Waals surface area contributed by atoms with E-state index >= 15 is 0 Å². The van der Waals surface area contributed by atoms with E-state index < -0.39 is 17.7 Å². The van der Waals surface area contributed by atoms with E-state index in [0.717, 1.165) is 5.56 Å². The number of ether oxygens (including phenoxy) is 2. The number of hydrogen-bond acceptors (Lipinski definition) is 8. The molecular weight excluding hydrogens is 534 g/mol. The van der Waals surface area contributed by atoms with Gasteiger partial charge >= 0.3 is 6.61 Å². The fraction of sp³-hybridized carbons (Fsp3) is 0.276. The number of amides is 1. The van der Waals surface area contributed by atoms with Gasteiger partial charge in [-0.15, -0.1) is 0 Å². The lowest BCUT2D eigenvalue weighted by molar-refractivity contribution is -0.124. The molecule has 0 unspecified atom stereocenters. The molecule has 1 amide bonds. The van der Waals surface area contributed by atoms with E-state index in [9.17, 15) is 18.4 Å². The molecule has 0 spiro atoms. The number of aromatic nitrogens is 3. The van der Waals surface area contributed by atoms with Crippen LogP contribution in [0.3, 0.4) is 0 Å². The van der Waals surface area contributed by atoms with Gasteiger partial charge in [0.25, 0.3) is 5.56 Å². The van der Waals surface area contributed by atoms with Crippen LogP contribution in [0, 0.1) is 11.3 Å². The van der Waals surface area contributed by atoms with Gasteiger partial charge < -0.3 is 14.8 Å². The molecule has 208 valence electrons. The van der Waals surface area contributed by atoms with Gasteiger partial charge in [0.15, 0.2) is 0 Å². The van der Waals surface area contributed by atoms with E-state index in [1.807, 2.05) is 0 Å². The first-order chi connectivity index (χ1) is 19.9. The molecule has 12 heteroatoms. The van der Waals surface area contributed by atoms with Crippen LogP contribution in [0.2, 0.25) is 0 Å². The Hall–Kier alpha value is -4.73. The summed E-state index contributed by atoms with van der Waals surface area (Å²) in [6.45, 7) is -0.851. The lowest BCUT2D eigenvalue weighted by Crippen LogP contribution is -2.51. The van der Waals surface area contributed by atoms with E-state index in [0.29, 0.717) is 66.9 Å². The molecule has 2 aromatic carbocycles. The Morgan fingerprint density at radius 1 is 1.10 bits per heavy atom. The lowest BCUT2D eigenvalue weighted by atomic mass is 10.0. The summed E-state index contributed by atoms with van der Waals surface area (Å²) in [5.41, 5.74) is 1.51. The van der Waals surface area contributed by atoms with Crippen LogP contribution < -0.4 is 15.6 Å². The quantitative estimate of drug-likeness (QED) is 0.364. The lowest BCUT2D eigenvalue weighted by Gasteiger charge is -2.34. The molecule has 10 nitrogen and oxygen atoms in total. The number of nitrogens with zero attached hydrogens (tertiary/aromatic N) is 5. The molecule has 3 heterocycles. The summed E-state index contributed by atoms with van der Waals surface area (Å²) in [7, 11) is 0. The fourth-order valence-electron chi connectivity index (χ4n) is 5.14. The number of rotatable bonds is 7. The van der Waals surface area contributed by atoms with Crippen LogP contribution in [-0.2, 0) is 9.53 Å². The molecule has 1 N–H and O–H groups in total. The summed E-state index contributed by atoms with van der Waals surface area (Å²) in [6.07, 6.45) is 5.71. The average molecular weight is 559 g/mol. The highest BCUT2D eigenvalue weighted by Gasteiger charge is 2.54. The number of carbonyl (C=O) groups is 1. The van der Waals surface area contributed by atoms with Gasteiger partial charge in [-0.1, -0.05) is 6.07 Å². The Bertz CT molecular complexity index is 1740. The molecule has 2 fully saturated rings. The van der Waals surface area contributed by atoms with Crippen LogP contribution in [0.15, 0.2) is 66.0 Å². The van der Waals surface area contributed by atoms with Crippen molar-refractivity contribution in [1.82, 2.24) is 19.4 Å². The standard InChI is InChI=1S/C29H24F2N6O4/c30-28(31)41-25-4-2-21(13-24(25)35-27(39)29(5-6-29)36-7-9-40-10-8-36)37-17-34-23-12-19(1-3-22(23)26(37)38)20-11-18(14-32)15-33-16-20/h1-4,11-13,15-17,28H,5-10H2,(H,35,39). The number of halogens is 2. The predicted molar refractivity (Wildman–Crippen MR) is 145 cm³/mol. The summed E-state index contributed by atoms with van der Waals surface area (Å²) >= 11 is 0. The number of nitriles is 1. The van der Waals surface area contributed by atoms with Gasteiger partial charge in [0.1, 0.15) is 23.7 Å². The molecule has 0 atom stereocenters. The molecule has 41 heavy (non-hydrogen) atoms. The van der Waals surface area contributed by atoms with Gasteiger partial charge in [-0.2, -0.15) is 14.0 Å². The minimum atomic E-state index is -3.10. The second kappa shape index (κ2) is 10.7. The monoisotopic (exact) mass is 558 g/mol. The van der Waals surface area contributed by atoms with Crippen molar-refractivity contribution in [2.75, 3.05) is 31.6 Å². The number of nitrogens with one attached hydrogen (secondary N) is 1. The van der Waals surface area contributed by atoms with Crippen molar-refractivity contribution < 1.29 is 23.0 Å². The van der Waals surface area contributed by atoms with E-state index in [2.05, 4.69) is 31.0 Å². The van der Waals surface area contributed by atoms with Crippen molar-refractivity contribution in [3.8, 4) is 28.6 Å². The largest absolute Gasteiger partial charge is 0.433 e. The van der Waals surface area contributed by atoms with Crippen LogP contribution in [0.4, 0.5) is 14.5 Å². The van der Waals surface area contributed by atoms with Gasteiger partial charge in [0.05, 0.1) is 41.1 Å². The first-order valence-corrected chi connectivity index (χ1v) is 13.0. The first kappa shape index (κ1) is 26.5. The van der Waals surface area contributed by atoms with E-state index in [1.165, 1.54) is 35.3 Å². The van der Waals surface area contributed by atoms with Gasteiger partial charge in [0.2, 0.25) is 5.91 Å². The Morgan fingerprint density at radius 2 is 1.90 bits per heavy atom. The summed E-state index contributed by atoms with van der Waals surface area (Å²) in [4.78, 5) is 37.4. The molecule has 2 aromatic heterocycles. The summed E-state index contributed by atoms with van der Waals surface area (Å²) in [6, 6.07) is 13.0. The zero-order valence-electron chi connectivity index (χ0n) is 21.7. The highest BCUT2D eigenvalue weighted by molar-refractivity contribution is 6.01. The summed E-state index contributed by atoms with van der Waals surface area (Å²) in [5, 5.41) is 12.3. The first-order valence-electron chi connectivity index (χ1n) is 13.0. The molecular formula is C29H24F2N6O4. The number of alkyl halides is 2. The van der Waals surface area contributed by atoms with Crippen LogP contribution in [0.25, 0.3) is 27.7 Å². The Kier molecular flexibility index (Phi) is 6.90. The molecule has 0 bridgehead atoms. The SMILES string of the molecule is N#Cc1cncc(-c2ccc3c(=O)n(-c4ccc(OC(F)F)c(NC(=O)C5(N6CCOCC6)CC5)c4)cnc3c2)c1. The molecule has 1 aliphatic heterocycles. The van der Waals surface area contributed by atoms with Crippen molar-refractivity contribution in [3.05, 3.63) is 77.1 Å². The van der Waals surface area contributed by atoms with Crippen molar-refractivity contribution in [3.63, 3.8) is 0 Å². The number of morpholine rings is 1. The number of hydrogen-bond donors (Lipinski definition) is 1. The number of pyridine rings is 1. The van der Waals surface area contributed by atoms with E-state index in [-0.39, 0.29) is 17.3 Å². The molecule has 2 aliphatic rings. The van der Waals surface area contributed by atoms with Crippen LogP contribution in [-0.4, -0.2) is 63.8 Å². The van der Waals surface area contributed by atoms with Crippen LogP contribution >= 0.6 is 0 Å². The minimum absolute atomic E-state index is 0.0274. The number of benzene rings is 2. The molecule has 6 rings (SSSR count). The maximum Gasteiger partial charge on any atom is 0.387 e. The third-order valence-corrected chi connectivity index (χ3v) is 7.43. The second-order valence-corrected chi connectivity index (χ2v) is 9.87. The fourth-order valence-corrected chi connectivity index (χ4v) is 5.14. The van der Waals surface area contributed by atoms with Crippen molar-refractivity contribution in [1.29, 1.82) is 5.26 Å². The van der Waals surface area contributed by atoms with Gasteiger partial charge in [-0.3, -0.25) is 24.0 Å². The minimum Gasteiger partial charge on any atom is -0.433 e. The van der Waals surface area contributed by atoms with Gasteiger partial charge in [-0.05, 0) is 54.8 Å². The van der Waals surface area contributed by atoms with Crippen molar-refractivity contribution in [2.45, 2.75) is 25.0 Å². The topological polar surface area (TPSA) is 122 Å². The van der Waals surface area contributed by atoms with E-state index in [1.54, 1.807) is 30.5 Å². The zero-order valence-corrected chi connectivity index (χ0v) is 21.7. The highest BCUT2D eigenvalue weighted by atomic mass is 19.3. The Labute approximate surface area is 232 Å². The third-order valence-electron chi connectivity index (χ3n) is 7.43. The maximum atomic E-state index is 13.5. The second-order valence-electron chi connectivity index (χ2n) is 9.87. The molecule has 4 aromatic rings. The smallest absolute Gasteiger partial charge is 0.387 e. The molecule has 1 saturated carbocycles. The number of carbonyl (C=O) groups excluding carboxylic acids is 1. The Balaban J connectivity index is 1.33. The number of anilines is 1. The highest BCUT2D eigenvalue weighted by Crippen LogP contribution is 2.44. The molecule has 1 saturated heterocycles. The summed E-state index contributed by atoms with van der Waals surface area (Å²) in [5.74, 6) is -0.531. The van der Waals surface area contributed by atoms with Crippen molar-refractivity contribution in [2.24, 2.45) is 0 Å². The van der Waals surface area contributed by atoms with Crippen LogP contribution in [0.5, 0.6) is 5.75 Å². The normalized spacial score (nSPS) is 16.3. The average Bonchev–Trinajstić information content (AvgIpc) is 3.81. The maximum absolute atomic E-state index is 13.5. The third kappa shape index (κ3) is 5.13. The van der Waals surface area contributed by atoms with Crippen LogP contribution in [0.1, 0.15) is 18.4 Å². The van der Waals surface area contributed by atoms with Gasteiger partial charge in [-0.25, -0.2) is 4.98 Å². The molecule has 0 radical (unpaired) electrons. The van der Waals surface area contributed by atoms with Gasteiger partial charge in [0, 0.05) is 31.0 Å². The predicted octanol–water partition coefficient (Wildman–Crippen LogP) is 3.72. The Morgan fingerprint density at radius 3 is 2.63 bits per heavy atom. The number of fused-ring (bicyclic) bond motifs is 1.